The third kappa shape index (κ3) is 0.325. The Bertz CT molecular complexity index is 76.2. The van der Waals surface area contributed by atoms with Gasteiger partial charge < -0.3 is 4.74 Å². The third-order valence-electron chi connectivity index (χ3n) is 2.26. The highest BCUT2D eigenvalue weighted by Crippen LogP contribution is 2.41. The highest BCUT2D eigenvalue weighted by Gasteiger charge is 2.44. The van der Waals surface area contributed by atoms with Crippen molar-refractivity contribution in [2.75, 3.05) is 0 Å². The Hall–Kier alpha value is -0.0400. The Labute approximate surface area is 43.7 Å². The molecular formula is C6H10O. The summed E-state index contributed by atoms with van der Waals surface area (Å²) in [5.41, 5.74) is 0. The van der Waals surface area contributed by atoms with E-state index in [4.69, 9.17) is 4.74 Å². The maximum atomic E-state index is 5.36. The summed E-state index contributed by atoms with van der Waals surface area (Å²) in [6.07, 6.45) is 3.97. The summed E-state index contributed by atoms with van der Waals surface area (Å²) in [4.78, 5) is 0. The molecule has 0 spiro atoms. The normalized spacial score (nSPS) is 57.0. The monoisotopic (exact) mass is 98.1 g/mol. The molecular weight excluding hydrogens is 88.1 g/mol. The zero-order valence-electron chi connectivity index (χ0n) is 4.55. The molecule has 2 bridgehead atoms. The van der Waals surface area contributed by atoms with Gasteiger partial charge in [0.1, 0.15) is 0 Å². The van der Waals surface area contributed by atoms with Gasteiger partial charge in [-0.2, -0.15) is 0 Å². The van der Waals surface area contributed by atoms with Gasteiger partial charge in [0.05, 0.1) is 12.2 Å². The standard InChI is InChI=1S/C6H10O/c1-4-5-2-3-6(4)7-5/h4-6H,2-3H2,1H3. The van der Waals surface area contributed by atoms with Gasteiger partial charge in [0, 0.05) is 5.92 Å². The molecule has 2 heterocycles. The summed E-state index contributed by atoms with van der Waals surface area (Å²) < 4.78 is 5.36. The predicted molar refractivity (Wildman–Crippen MR) is 27.1 cm³/mol. The van der Waals surface area contributed by atoms with Gasteiger partial charge in [-0.25, -0.2) is 0 Å². The molecule has 0 aromatic carbocycles. The fourth-order valence-electron chi connectivity index (χ4n) is 1.61. The van der Waals surface area contributed by atoms with E-state index in [1.807, 2.05) is 0 Å². The van der Waals surface area contributed by atoms with E-state index in [-0.39, 0.29) is 0 Å². The maximum absolute atomic E-state index is 5.36. The minimum atomic E-state index is 0.657. The minimum absolute atomic E-state index is 0.657. The third-order valence-corrected chi connectivity index (χ3v) is 2.26. The van der Waals surface area contributed by atoms with Crippen LogP contribution < -0.4 is 0 Å². The number of hydrogen-bond donors (Lipinski definition) is 0. The highest BCUT2D eigenvalue weighted by atomic mass is 16.5. The molecule has 3 fully saturated rings. The average molecular weight is 98.1 g/mol. The van der Waals surface area contributed by atoms with Crippen LogP contribution >= 0.6 is 0 Å². The van der Waals surface area contributed by atoms with Crippen molar-refractivity contribution >= 4 is 0 Å². The van der Waals surface area contributed by atoms with Gasteiger partial charge in [-0.15, -0.1) is 0 Å². The molecule has 0 radical (unpaired) electrons. The molecule has 1 aliphatic carbocycles. The van der Waals surface area contributed by atoms with Gasteiger partial charge in [0.2, 0.25) is 0 Å². The van der Waals surface area contributed by atoms with Crippen LogP contribution in [0.1, 0.15) is 19.8 Å². The van der Waals surface area contributed by atoms with Crippen LogP contribution in [0.3, 0.4) is 0 Å². The van der Waals surface area contributed by atoms with Crippen LogP contribution in [0.5, 0.6) is 0 Å². The van der Waals surface area contributed by atoms with Crippen molar-refractivity contribution in [1.29, 1.82) is 0 Å². The van der Waals surface area contributed by atoms with Crippen molar-refractivity contribution in [3.8, 4) is 0 Å². The Balaban J connectivity index is 2.14. The predicted octanol–water partition coefficient (Wildman–Crippen LogP) is 1.18. The molecule has 40 valence electrons. The number of ether oxygens (including phenoxy) is 1. The summed E-state index contributed by atoms with van der Waals surface area (Å²) in [5, 5.41) is 0. The largest absolute Gasteiger partial charge is 0.374 e. The van der Waals surface area contributed by atoms with Gasteiger partial charge in [-0.3, -0.25) is 0 Å². The van der Waals surface area contributed by atoms with Gasteiger partial charge in [0.15, 0.2) is 0 Å². The van der Waals surface area contributed by atoms with E-state index in [9.17, 15) is 0 Å². The Kier molecular flexibility index (Phi) is 0.571. The van der Waals surface area contributed by atoms with E-state index < -0.39 is 0 Å². The van der Waals surface area contributed by atoms with Gasteiger partial charge in [-0.1, -0.05) is 6.92 Å². The second-order valence-corrected chi connectivity index (χ2v) is 2.65. The maximum Gasteiger partial charge on any atom is 0.0630 e. The Morgan fingerprint density at radius 1 is 1.29 bits per heavy atom. The fourth-order valence-corrected chi connectivity index (χ4v) is 1.61. The van der Waals surface area contributed by atoms with Gasteiger partial charge in [-0.05, 0) is 12.8 Å². The molecule has 0 N–H and O–H groups in total. The number of fused-ring (bicyclic) bond motifs is 1. The van der Waals surface area contributed by atoms with E-state index in [0.29, 0.717) is 12.2 Å². The van der Waals surface area contributed by atoms with Crippen LogP contribution in [-0.2, 0) is 4.74 Å². The lowest BCUT2D eigenvalue weighted by Gasteiger charge is -2.32. The van der Waals surface area contributed by atoms with E-state index in [0.717, 1.165) is 5.92 Å². The van der Waals surface area contributed by atoms with Crippen molar-refractivity contribution in [1.82, 2.24) is 0 Å². The molecule has 1 saturated carbocycles. The Morgan fingerprint density at radius 3 is 2.00 bits per heavy atom. The summed E-state index contributed by atoms with van der Waals surface area (Å²) in [5.74, 6) is 0.889. The zero-order valence-corrected chi connectivity index (χ0v) is 4.55. The first-order valence-corrected chi connectivity index (χ1v) is 3.03. The first-order chi connectivity index (χ1) is 3.38. The summed E-state index contributed by atoms with van der Waals surface area (Å²) >= 11 is 0. The molecule has 0 amide bonds. The summed E-state index contributed by atoms with van der Waals surface area (Å²) in [6, 6.07) is 0. The average Bonchev–Trinajstić information content (AvgIpc) is 2.18. The molecule has 2 atom stereocenters. The van der Waals surface area contributed by atoms with Crippen LogP contribution in [0, 0.1) is 5.92 Å². The van der Waals surface area contributed by atoms with E-state index in [2.05, 4.69) is 6.92 Å². The first kappa shape index (κ1) is 3.90. The molecule has 3 aliphatic rings. The second-order valence-electron chi connectivity index (χ2n) is 2.65. The molecule has 0 aromatic heterocycles. The van der Waals surface area contributed by atoms with Crippen molar-refractivity contribution in [3.63, 3.8) is 0 Å². The number of hydrogen-bond acceptors (Lipinski definition) is 1. The highest BCUT2D eigenvalue weighted by molar-refractivity contribution is 4.92. The first-order valence-electron chi connectivity index (χ1n) is 3.03. The van der Waals surface area contributed by atoms with Crippen LogP contribution in [-0.4, -0.2) is 12.2 Å². The number of rotatable bonds is 0. The lowest BCUT2D eigenvalue weighted by molar-refractivity contribution is -0.121. The minimum Gasteiger partial charge on any atom is -0.374 e. The lowest BCUT2D eigenvalue weighted by Crippen LogP contribution is -2.37. The Morgan fingerprint density at radius 2 is 1.86 bits per heavy atom. The molecule has 2 aliphatic heterocycles. The zero-order chi connectivity index (χ0) is 4.85. The fraction of sp³-hybridized carbons (Fsp3) is 1.00. The smallest absolute Gasteiger partial charge is 0.0630 e. The molecule has 2 unspecified atom stereocenters. The van der Waals surface area contributed by atoms with E-state index in [1.54, 1.807) is 0 Å². The molecule has 0 aromatic rings. The SMILES string of the molecule is CC1C2CCC1O2. The summed E-state index contributed by atoms with van der Waals surface area (Å²) in [7, 11) is 0. The lowest BCUT2D eigenvalue weighted by atomic mass is 10.0. The molecule has 3 rings (SSSR count). The van der Waals surface area contributed by atoms with Crippen LogP contribution in [0.4, 0.5) is 0 Å². The topological polar surface area (TPSA) is 9.23 Å². The van der Waals surface area contributed by atoms with Crippen molar-refractivity contribution < 1.29 is 4.74 Å². The molecule has 2 saturated heterocycles. The molecule has 1 nitrogen and oxygen atoms in total. The van der Waals surface area contributed by atoms with Gasteiger partial charge in [0.25, 0.3) is 0 Å². The van der Waals surface area contributed by atoms with E-state index in [1.165, 1.54) is 12.8 Å². The van der Waals surface area contributed by atoms with Crippen molar-refractivity contribution in [3.05, 3.63) is 0 Å². The molecule has 1 heteroatoms. The van der Waals surface area contributed by atoms with Crippen molar-refractivity contribution in [2.24, 2.45) is 5.92 Å². The van der Waals surface area contributed by atoms with Crippen LogP contribution in [0.25, 0.3) is 0 Å². The summed E-state index contributed by atoms with van der Waals surface area (Å²) in [6.45, 7) is 2.28. The quantitative estimate of drug-likeness (QED) is 0.442. The van der Waals surface area contributed by atoms with Crippen LogP contribution in [0.2, 0.25) is 0 Å². The molecule has 7 heavy (non-hydrogen) atoms. The second kappa shape index (κ2) is 1.03. The van der Waals surface area contributed by atoms with E-state index >= 15 is 0 Å². The van der Waals surface area contributed by atoms with Crippen molar-refractivity contribution in [2.45, 2.75) is 32.0 Å². The van der Waals surface area contributed by atoms with Gasteiger partial charge >= 0.3 is 0 Å². The van der Waals surface area contributed by atoms with Crippen LogP contribution in [0.15, 0.2) is 0 Å².